The zero-order valence-electron chi connectivity index (χ0n) is 16.2. The van der Waals surface area contributed by atoms with Crippen LogP contribution in [0.25, 0.3) is 11.0 Å². The Kier molecular flexibility index (Phi) is 5.12. The van der Waals surface area contributed by atoms with Crippen LogP contribution in [-0.2, 0) is 4.79 Å². The number of aromatic nitrogens is 4. The van der Waals surface area contributed by atoms with Gasteiger partial charge in [-0.15, -0.1) is 0 Å². The molecule has 4 heterocycles. The Balaban J connectivity index is 1.28. The lowest BCUT2D eigenvalue weighted by molar-refractivity contribution is -0.130. The molecule has 2 unspecified atom stereocenters. The second-order valence-electron chi connectivity index (χ2n) is 7.78. The fourth-order valence-electron chi connectivity index (χ4n) is 4.56. The van der Waals surface area contributed by atoms with Gasteiger partial charge in [0.05, 0.1) is 24.2 Å². The first-order chi connectivity index (χ1) is 14.6. The number of aromatic amines is 1. The molecule has 0 saturated carbocycles. The Morgan fingerprint density at radius 3 is 2.80 bits per heavy atom. The van der Waals surface area contributed by atoms with Crippen molar-refractivity contribution in [2.24, 2.45) is 5.92 Å². The van der Waals surface area contributed by atoms with Crippen LogP contribution in [0.4, 0.5) is 11.5 Å². The van der Waals surface area contributed by atoms with E-state index in [0.717, 1.165) is 48.5 Å². The number of H-pyrrole nitrogens is 1. The van der Waals surface area contributed by atoms with Gasteiger partial charge in [0.2, 0.25) is 5.91 Å². The summed E-state index contributed by atoms with van der Waals surface area (Å²) in [6.07, 6.45) is 5.43. The third-order valence-corrected chi connectivity index (χ3v) is 6.46. The number of hydrogen-bond acceptors (Lipinski definition) is 6. The van der Waals surface area contributed by atoms with Gasteiger partial charge in [-0.2, -0.15) is 5.10 Å². The summed E-state index contributed by atoms with van der Waals surface area (Å²) in [6.45, 7) is 2.59. The Bertz CT molecular complexity index is 1070. The maximum absolute atomic E-state index is 12.9. The number of anilines is 2. The minimum atomic E-state index is 0.0625. The normalized spacial score (nSPS) is 21.1. The van der Waals surface area contributed by atoms with E-state index in [-0.39, 0.29) is 18.5 Å². The van der Waals surface area contributed by atoms with Gasteiger partial charge in [0.15, 0.2) is 5.65 Å². The van der Waals surface area contributed by atoms with E-state index in [1.165, 1.54) is 0 Å². The molecule has 3 aromatic rings. The van der Waals surface area contributed by atoms with Crippen LogP contribution < -0.4 is 10.2 Å². The molecular formula is C20H21Cl2N7O. The molecule has 156 valence electrons. The molecule has 0 spiro atoms. The van der Waals surface area contributed by atoms with Crippen molar-refractivity contribution in [2.75, 3.05) is 36.4 Å². The first kappa shape index (κ1) is 19.4. The van der Waals surface area contributed by atoms with Gasteiger partial charge in [-0.1, -0.05) is 23.2 Å². The quantitative estimate of drug-likeness (QED) is 0.640. The van der Waals surface area contributed by atoms with Gasteiger partial charge < -0.3 is 15.1 Å². The van der Waals surface area contributed by atoms with Crippen molar-refractivity contribution < 1.29 is 4.79 Å². The summed E-state index contributed by atoms with van der Waals surface area (Å²) in [5, 5.41) is 12.1. The monoisotopic (exact) mass is 445 g/mol. The lowest BCUT2D eigenvalue weighted by atomic mass is 9.92. The van der Waals surface area contributed by atoms with Crippen molar-refractivity contribution >= 4 is 51.6 Å². The minimum absolute atomic E-state index is 0.0625. The molecular weight excluding hydrogens is 425 g/mol. The van der Waals surface area contributed by atoms with Gasteiger partial charge in [-0.3, -0.25) is 9.89 Å². The lowest BCUT2D eigenvalue weighted by Gasteiger charge is -2.39. The number of carbonyl (C=O) groups excluding carboxylic acids is 1. The predicted octanol–water partition coefficient (Wildman–Crippen LogP) is 3.20. The summed E-state index contributed by atoms with van der Waals surface area (Å²) < 4.78 is 0. The van der Waals surface area contributed by atoms with Crippen LogP contribution in [0, 0.1) is 5.92 Å². The van der Waals surface area contributed by atoms with Crippen molar-refractivity contribution in [3.8, 4) is 0 Å². The molecule has 0 aliphatic carbocycles. The zero-order chi connectivity index (χ0) is 20.7. The second kappa shape index (κ2) is 7.92. The van der Waals surface area contributed by atoms with Crippen molar-refractivity contribution in [3.63, 3.8) is 0 Å². The minimum Gasteiger partial charge on any atom is -0.376 e. The first-order valence-corrected chi connectivity index (χ1v) is 10.7. The molecule has 0 radical (unpaired) electrons. The molecule has 10 heteroatoms. The Morgan fingerprint density at radius 1 is 1.17 bits per heavy atom. The number of fused-ring (bicyclic) bond motifs is 2. The number of piperidine rings is 1. The maximum Gasteiger partial charge on any atom is 0.241 e. The van der Waals surface area contributed by atoms with Crippen LogP contribution in [0.1, 0.15) is 12.8 Å². The van der Waals surface area contributed by atoms with E-state index >= 15 is 0 Å². The maximum atomic E-state index is 12.9. The predicted molar refractivity (Wildman–Crippen MR) is 117 cm³/mol. The summed E-state index contributed by atoms with van der Waals surface area (Å²) in [5.41, 5.74) is 1.47. The highest BCUT2D eigenvalue weighted by Crippen LogP contribution is 2.36. The number of nitrogens with zero attached hydrogens (tertiary/aromatic N) is 5. The molecule has 1 amide bonds. The Labute approximate surface area is 183 Å². The van der Waals surface area contributed by atoms with Gasteiger partial charge in [-0.05, 0) is 37.0 Å². The number of hydrogen-bond donors (Lipinski definition) is 2. The van der Waals surface area contributed by atoms with Crippen molar-refractivity contribution in [1.29, 1.82) is 0 Å². The molecule has 0 bridgehead atoms. The van der Waals surface area contributed by atoms with Crippen LogP contribution >= 0.6 is 23.2 Å². The molecule has 2 aliphatic rings. The van der Waals surface area contributed by atoms with E-state index in [4.69, 9.17) is 23.2 Å². The Morgan fingerprint density at radius 2 is 1.97 bits per heavy atom. The molecule has 2 saturated heterocycles. The molecule has 1 aromatic carbocycles. The van der Waals surface area contributed by atoms with Crippen LogP contribution in [0.3, 0.4) is 0 Å². The Hall–Kier alpha value is -2.58. The number of nitrogens with one attached hydrogen (secondary N) is 2. The van der Waals surface area contributed by atoms with Crippen LogP contribution in [0.5, 0.6) is 0 Å². The van der Waals surface area contributed by atoms with Crippen LogP contribution in [-0.4, -0.2) is 63.2 Å². The van der Waals surface area contributed by atoms with Gasteiger partial charge in [0.1, 0.15) is 12.1 Å². The molecule has 30 heavy (non-hydrogen) atoms. The largest absolute Gasteiger partial charge is 0.376 e. The molecule has 5 rings (SSSR count). The average molecular weight is 446 g/mol. The summed E-state index contributed by atoms with van der Waals surface area (Å²) in [6, 6.07) is 5.43. The molecule has 2 aromatic heterocycles. The van der Waals surface area contributed by atoms with E-state index in [1.807, 2.05) is 4.90 Å². The summed E-state index contributed by atoms with van der Waals surface area (Å²) in [7, 11) is 0. The number of halogens is 2. The number of benzene rings is 1. The van der Waals surface area contributed by atoms with Gasteiger partial charge in [-0.25, -0.2) is 9.97 Å². The third kappa shape index (κ3) is 3.65. The van der Waals surface area contributed by atoms with Gasteiger partial charge in [0.25, 0.3) is 0 Å². The lowest BCUT2D eigenvalue weighted by Crippen LogP contribution is -2.51. The van der Waals surface area contributed by atoms with E-state index < -0.39 is 0 Å². The fourth-order valence-corrected chi connectivity index (χ4v) is 5.08. The highest BCUT2D eigenvalue weighted by atomic mass is 35.5. The fraction of sp³-hybridized carbons (Fsp3) is 0.400. The second-order valence-corrected chi connectivity index (χ2v) is 8.65. The number of carbonyl (C=O) groups is 1. The molecule has 2 N–H and O–H groups in total. The van der Waals surface area contributed by atoms with Crippen molar-refractivity contribution in [3.05, 3.63) is 40.8 Å². The smallest absolute Gasteiger partial charge is 0.241 e. The van der Waals surface area contributed by atoms with E-state index in [9.17, 15) is 4.79 Å². The summed E-state index contributed by atoms with van der Waals surface area (Å²) in [4.78, 5) is 25.9. The van der Waals surface area contributed by atoms with Gasteiger partial charge in [0, 0.05) is 35.4 Å². The highest BCUT2D eigenvalue weighted by molar-refractivity contribution is 6.35. The molecule has 2 aliphatic heterocycles. The molecule has 2 atom stereocenters. The summed E-state index contributed by atoms with van der Waals surface area (Å²) >= 11 is 12.1. The number of rotatable bonds is 4. The molecule has 8 nitrogen and oxygen atoms in total. The average Bonchev–Trinajstić information content (AvgIpc) is 3.37. The SMILES string of the molecule is O=C(CNc1cc(Cl)cc(Cl)c1)N1CCC2CCN(c3ncnc4[nH]ncc34)C2C1. The van der Waals surface area contributed by atoms with E-state index in [0.29, 0.717) is 22.5 Å². The van der Waals surface area contributed by atoms with E-state index in [1.54, 1.807) is 30.7 Å². The standard InChI is InChI=1S/C20H21Cl2N7O/c21-13-5-14(22)7-15(6-13)23-9-18(30)28-3-1-12-2-4-29(17(12)10-28)20-16-8-26-27-19(16)24-11-25-20/h5-8,11-12,17,23H,1-4,9-10H2,(H,24,25,26,27). The van der Waals surface area contributed by atoms with E-state index in [2.05, 4.69) is 30.4 Å². The van der Waals surface area contributed by atoms with Crippen molar-refractivity contribution in [1.82, 2.24) is 25.1 Å². The first-order valence-electron chi connectivity index (χ1n) is 9.97. The van der Waals surface area contributed by atoms with Gasteiger partial charge >= 0.3 is 0 Å². The summed E-state index contributed by atoms with van der Waals surface area (Å²) in [5.74, 6) is 1.51. The van der Waals surface area contributed by atoms with Crippen LogP contribution in [0.15, 0.2) is 30.7 Å². The number of likely N-dealkylation sites (tertiary alicyclic amines) is 1. The number of amides is 1. The topological polar surface area (TPSA) is 90.0 Å². The van der Waals surface area contributed by atoms with Crippen LogP contribution in [0.2, 0.25) is 10.0 Å². The third-order valence-electron chi connectivity index (χ3n) is 6.02. The zero-order valence-corrected chi connectivity index (χ0v) is 17.7. The van der Waals surface area contributed by atoms with Crippen molar-refractivity contribution in [2.45, 2.75) is 18.9 Å². The molecule has 2 fully saturated rings. The highest BCUT2D eigenvalue weighted by Gasteiger charge is 2.40.